The van der Waals surface area contributed by atoms with Gasteiger partial charge >= 0.3 is 0 Å². The largest absolute Gasteiger partial charge is 0.312 e. The van der Waals surface area contributed by atoms with Crippen LogP contribution in [0.15, 0.2) is 29.2 Å². The first-order chi connectivity index (χ1) is 11.0. The predicted octanol–water partition coefficient (Wildman–Crippen LogP) is 2.62. The summed E-state index contributed by atoms with van der Waals surface area (Å²) in [5.41, 5.74) is 0.788. The van der Waals surface area contributed by atoms with E-state index in [9.17, 15) is 13.2 Å². The van der Waals surface area contributed by atoms with E-state index in [1.54, 1.807) is 33.5 Å². The molecular weight excluding hydrogens is 312 g/mol. The van der Waals surface area contributed by atoms with E-state index >= 15 is 0 Å². The average molecular weight is 336 g/mol. The van der Waals surface area contributed by atoms with Crippen molar-refractivity contribution in [3.05, 3.63) is 24.3 Å². The number of nitrogens with zero attached hydrogens (tertiary/aromatic N) is 2. The van der Waals surface area contributed by atoms with E-state index in [0.29, 0.717) is 36.9 Å². The molecule has 2 aliphatic rings. The molecule has 0 aromatic heterocycles. The molecule has 0 radical (unpaired) electrons. The number of benzene rings is 1. The van der Waals surface area contributed by atoms with Crippen molar-refractivity contribution in [2.75, 3.05) is 24.5 Å². The third-order valence-electron chi connectivity index (χ3n) is 4.49. The monoisotopic (exact) mass is 336 g/mol. The van der Waals surface area contributed by atoms with Gasteiger partial charge in [0.25, 0.3) is 0 Å². The van der Waals surface area contributed by atoms with Gasteiger partial charge in [0.1, 0.15) is 0 Å². The second kappa shape index (κ2) is 6.61. The maximum absolute atomic E-state index is 12.8. The van der Waals surface area contributed by atoms with Crippen molar-refractivity contribution in [2.24, 2.45) is 5.92 Å². The molecule has 0 bridgehead atoms. The lowest BCUT2D eigenvalue weighted by atomic mass is 10.3. The molecule has 126 valence electrons. The molecule has 0 N–H and O–H groups in total. The summed E-state index contributed by atoms with van der Waals surface area (Å²) in [6, 6.07) is 6.76. The number of hydrogen-bond acceptors (Lipinski definition) is 3. The van der Waals surface area contributed by atoms with E-state index in [2.05, 4.69) is 0 Å². The molecule has 1 aliphatic heterocycles. The highest BCUT2D eigenvalue weighted by Gasteiger charge is 2.31. The zero-order chi connectivity index (χ0) is 16.4. The fraction of sp³-hybridized carbons (Fsp3) is 0.588. The summed E-state index contributed by atoms with van der Waals surface area (Å²) in [6.45, 7) is 3.90. The first-order valence-electron chi connectivity index (χ1n) is 8.43. The topological polar surface area (TPSA) is 57.7 Å². The Bertz CT molecular complexity index is 666. The molecule has 0 unspecified atom stereocenters. The fourth-order valence-corrected chi connectivity index (χ4v) is 4.62. The van der Waals surface area contributed by atoms with Crippen LogP contribution in [-0.2, 0) is 14.8 Å². The van der Waals surface area contributed by atoms with Gasteiger partial charge in [0.2, 0.25) is 15.9 Å². The number of carbonyl (C=O) groups is 1. The minimum absolute atomic E-state index is 0.113. The highest BCUT2D eigenvalue weighted by molar-refractivity contribution is 7.89. The molecular formula is C17H24N2O3S. The lowest BCUT2D eigenvalue weighted by Gasteiger charge is -2.22. The van der Waals surface area contributed by atoms with Gasteiger partial charge in [-0.25, -0.2) is 8.42 Å². The molecule has 1 aromatic carbocycles. The second-order valence-corrected chi connectivity index (χ2v) is 8.39. The van der Waals surface area contributed by atoms with Crippen LogP contribution >= 0.6 is 0 Å². The SMILES string of the molecule is CCCN(CC1CC1)S(=O)(=O)c1ccc(N2CCCC2=O)cc1. The number of carbonyl (C=O) groups excluding carboxylic acids is 1. The molecule has 1 aromatic rings. The minimum atomic E-state index is -3.44. The number of anilines is 1. The Morgan fingerprint density at radius 1 is 1.22 bits per heavy atom. The van der Waals surface area contributed by atoms with Crippen LogP contribution in [0, 0.1) is 5.92 Å². The molecule has 0 atom stereocenters. The van der Waals surface area contributed by atoms with Crippen LogP contribution in [0.1, 0.15) is 39.0 Å². The van der Waals surface area contributed by atoms with Gasteiger partial charge in [-0.15, -0.1) is 0 Å². The van der Waals surface area contributed by atoms with Crippen LogP contribution in [0.5, 0.6) is 0 Å². The van der Waals surface area contributed by atoms with Crippen LogP contribution in [0.3, 0.4) is 0 Å². The predicted molar refractivity (Wildman–Crippen MR) is 89.8 cm³/mol. The summed E-state index contributed by atoms with van der Waals surface area (Å²) in [7, 11) is -3.44. The molecule has 6 heteroatoms. The number of sulfonamides is 1. The maximum atomic E-state index is 12.8. The number of hydrogen-bond donors (Lipinski definition) is 0. The Kier molecular flexibility index (Phi) is 4.73. The molecule has 1 saturated heterocycles. The molecule has 1 saturated carbocycles. The van der Waals surface area contributed by atoms with Crippen molar-refractivity contribution in [3.63, 3.8) is 0 Å². The average Bonchev–Trinajstić information content (AvgIpc) is 3.26. The zero-order valence-electron chi connectivity index (χ0n) is 13.6. The Morgan fingerprint density at radius 2 is 1.91 bits per heavy atom. The third kappa shape index (κ3) is 3.58. The molecule has 0 spiro atoms. The summed E-state index contributed by atoms with van der Waals surface area (Å²) < 4.78 is 27.3. The number of amides is 1. The Balaban J connectivity index is 1.79. The highest BCUT2D eigenvalue weighted by Crippen LogP contribution is 2.32. The van der Waals surface area contributed by atoms with Gasteiger partial charge in [0, 0.05) is 31.7 Å². The molecule has 1 aliphatic carbocycles. The van der Waals surface area contributed by atoms with Crippen molar-refractivity contribution in [1.82, 2.24) is 4.31 Å². The van der Waals surface area contributed by atoms with Crippen LogP contribution in [0.4, 0.5) is 5.69 Å². The third-order valence-corrected chi connectivity index (χ3v) is 6.37. The van der Waals surface area contributed by atoms with Crippen molar-refractivity contribution in [2.45, 2.75) is 43.9 Å². The highest BCUT2D eigenvalue weighted by atomic mass is 32.2. The van der Waals surface area contributed by atoms with Gasteiger partial charge in [-0.3, -0.25) is 4.79 Å². The van der Waals surface area contributed by atoms with Crippen LogP contribution < -0.4 is 4.90 Å². The van der Waals surface area contributed by atoms with Crippen LogP contribution in [-0.4, -0.2) is 38.3 Å². The summed E-state index contributed by atoms with van der Waals surface area (Å²) in [4.78, 5) is 13.8. The minimum Gasteiger partial charge on any atom is -0.312 e. The zero-order valence-corrected chi connectivity index (χ0v) is 14.4. The lowest BCUT2D eigenvalue weighted by Crippen LogP contribution is -2.33. The van der Waals surface area contributed by atoms with Crippen molar-refractivity contribution in [3.8, 4) is 0 Å². The van der Waals surface area contributed by atoms with E-state index < -0.39 is 10.0 Å². The van der Waals surface area contributed by atoms with Crippen molar-refractivity contribution >= 4 is 21.6 Å². The first-order valence-corrected chi connectivity index (χ1v) is 9.87. The summed E-state index contributed by atoms with van der Waals surface area (Å²) in [5.74, 6) is 0.639. The summed E-state index contributed by atoms with van der Waals surface area (Å²) >= 11 is 0. The smallest absolute Gasteiger partial charge is 0.243 e. The normalized spacial score (nSPS) is 18.9. The molecule has 1 amide bonds. The van der Waals surface area contributed by atoms with Gasteiger partial charge < -0.3 is 4.90 Å². The summed E-state index contributed by atoms with van der Waals surface area (Å²) in [6.07, 6.45) is 4.51. The van der Waals surface area contributed by atoms with Gasteiger partial charge in [0.05, 0.1) is 4.90 Å². The van der Waals surface area contributed by atoms with Crippen molar-refractivity contribution < 1.29 is 13.2 Å². The molecule has 23 heavy (non-hydrogen) atoms. The quantitative estimate of drug-likeness (QED) is 0.769. The van der Waals surface area contributed by atoms with E-state index in [1.807, 2.05) is 6.92 Å². The molecule has 1 heterocycles. The summed E-state index contributed by atoms with van der Waals surface area (Å²) in [5, 5.41) is 0. The standard InChI is InChI=1S/C17H24N2O3S/c1-2-11-18(13-14-5-6-14)23(21,22)16-9-7-15(8-10-16)19-12-3-4-17(19)20/h7-10,14H,2-6,11-13H2,1H3. The Hall–Kier alpha value is -1.40. The van der Waals surface area contributed by atoms with Gasteiger partial charge in [-0.1, -0.05) is 6.92 Å². The lowest BCUT2D eigenvalue weighted by molar-refractivity contribution is -0.117. The molecule has 2 fully saturated rings. The second-order valence-electron chi connectivity index (χ2n) is 6.45. The van der Waals surface area contributed by atoms with E-state index in [1.165, 1.54) is 0 Å². The van der Waals surface area contributed by atoms with Crippen LogP contribution in [0.25, 0.3) is 0 Å². The first kappa shape index (κ1) is 16.5. The number of rotatable bonds is 7. The van der Waals surface area contributed by atoms with Gasteiger partial charge in [-0.05, 0) is 55.9 Å². The Morgan fingerprint density at radius 3 is 2.43 bits per heavy atom. The van der Waals surface area contributed by atoms with Crippen LogP contribution in [0.2, 0.25) is 0 Å². The van der Waals surface area contributed by atoms with E-state index in [0.717, 1.165) is 31.4 Å². The maximum Gasteiger partial charge on any atom is 0.243 e. The molecule has 5 nitrogen and oxygen atoms in total. The Labute approximate surface area is 138 Å². The van der Waals surface area contributed by atoms with E-state index in [-0.39, 0.29) is 5.91 Å². The van der Waals surface area contributed by atoms with Crippen molar-refractivity contribution in [1.29, 1.82) is 0 Å². The van der Waals surface area contributed by atoms with E-state index in [4.69, 9.17) is 0 Å². The van der Waals surface area contributed by atoms with Gasteiger partial charge in [-0.2, -0.15) is 4.31 Å². The fourth-order valence-electron chi connectivity index (χ4n) is 3.02. The van der Waals surface area contributed by atoms with Gasteiger partial charge in [0.15, 0.2) is 0 Å². The molecule has 3 rings (SSSR count).